The molecule has 0 bridgehead atoms. The Morgan fingerprint density at radius 3 is 2.56 bits per heavy atom. The summed E-state index contributed by atoms with van der Waals surface area (Å²) in [5.74, 6) is 0. The standard InChI is InChI=1S/C7H12N2/c1-4-7-5-6(2)9(3)8-7/h5H,4H2,1-3H3. The number of hydrogen-bond acceptors (Lipinski definition) is 1. The van der Waals surface area contributed by atoms with Gasteiger partial charge in [0, 0.05) is 12.7 Å². The fourth-order valence-electron chi connectivity index (χ4n) is 0.808. The van der Waals surface area contributed by atoms with Gasteiger partial charge >= 0.3 is 0 Å². The Labute approximate surface area is 55.5 Å². The lowest BCUT2D eigenvalue weighted by Gasteiger charge is -1.88. The van der Waals surface area contributed by atoms with Crippen LogP contribution in [0.2, 0.25) is 0 Å². The van der Waals surface area contributed by atoms with Crippen LogP contribution < -0.4 is 0 Å². The maximum atomic E-state index is 4.25. The molecule has 0 aromatic carbocycles. The second kappa shape index (κ2) is 2.21. The number of rotatable bonds is 1. The fraction of sp³-hybridized carbons (Fsp3) is 0.571. The number of hydrogen-bond donors (Lipinski definition) is 0. The van der Waals surface area contributed by atoms with Crippen LogP contribution in [0.15, 0.2) is 6.07 Å². The quantitative estimate of drug-likeness (QED) is 0.551. The topological polar surface area (TPSA) is 17.8 Å². The largest absolute Gasteiger partial charge is 0.273 e. The predicted octanol–water partition coefficient (Wildman–Crippen LogP) is 1.29. The highest BCUT2D eigenvalue weighted by atomic mass is 15.3. The average molecular weight is 124 g/mol. The first-order valence-electron chi connectivity index (χ1n) is 3.23. The molecule has 0 unspecified atom stereocenters. The molecule has 2 nitrogen and oxygen atoms in total. The summed E-state index contributed by atoms with van der Waals surface area (Å²) in [6, 6.07) is 2.11. The molecule has 0 atom stereocenters. The summed E-state index contributed by atoms with van der Waals surface area (Å²) < 4.78 is 1.90. The SMILES string of the molecule is CCc1cc(C)n(C)n1. The summed E-state index contributed by atoms with van der Waals surface area (Å²) in [5.41, 5.74) is 2.40. The Morgan fingerprint density at radius 1 is 1.67 bits per heavy atom. The lowest BCUT2D eigenvalue weighted by molar-refractivity contribution is 0.723. The maximum Gasteiger partial charge on any atom is 0.0624 e. The summed E-state index contributed by atoms with van der Waals surface area (Å²) in [5, 5.41) is 4.25. The van der Waals surface area contributed by atoms with Gasteiger partial charge in [-0.3, -0.25) is 4.68 Å². The number of aromatic nitrogens is 2. The first-order chi connectivity index (χ1) is 4.24. The van der Waals surface area contributed by atoms with E-state index >= 15 is 0 Å². The third kappa shape index (κ3) is 1.12. The molecule has 0 amide bonds. The Kier molecular flexibility index (Phi) is 1.56. The molecule has 0 radical (unpaired) electrons. The molecule has 0 fully saturated rings. The normalized spacial score (nSPS) is 10.1. The van der Waals surface area contributed by atoms with Crippen LogP contribution in [0.5, 0.6) is 0 Å². The van der Waals surface area contributed by atoms with E-state index in [0.717, 1.165) is 6.42 Å². The van der Waals surface area contributed by atoms with Crippen LogP contribution in [0.25, 0.3) is 0 Å². The van der Waals surface area contributed by atoms with Crippen molar-refractivity contribution in [3.63, 3.8) is 0 Å². The minimum Gasteiger partial charge on any atom is -0.273 e. The molecule has 1 aromatic rings. The van der Waals surface area contributed by atoms with Crippen LogP contribution in [0, 0.1) is 6.92 Å². The van der Waals surface area contributed by atoms with Gasteiger partial charge in [0.15, 0.2) is 0 Å². The van der Waals surface area contributed by atoms with E-state index in [0.29, 0.717) is 0 Å². The van der Waals surface area contributed by atoms with Crippen molar-refractivity contribution in [2.24, 2.45) is 7.05 Å². The van der Waals surface area contributed by atoms with Gasteiger partial charge in [-0.15, -0.1) is 0 Å². The Hall–Kier alpha value is -0.790. The van der Waals surface area contributed by atoms with E-state index in [1.807, 2.05) is 11.7 Å². The van der Waals surface area contributed by atoms with Crippen molar-refractivity contribution in [2.75, 3.05) is 0 Å². The minimum atomic E-state index is 1.03. The summed E-state index contributed by atoms with van der Waals surface area (Å²) >= 11 is 0. The smallest absolute Gasteiger partial charge is 0.0624 e. The molecule has 0 aliphatic rings. The zero-order valence-corrected chi connectivity index (χ0v) is 6.18. The molecule has 2 heteroatoms. The van der Waals surface area contributed by atoms with Gasteiger partial charge in [0.05, 0.1) is 5.69 Å². The van der Waals surface area contributed by atoms with Gasteiger partial charge in [0.25, 0.3) is 0 Å². The number of nitrogens with zero attached hydrogens (tertiary/aromatic N) is 2. The lowest BCUT2D eigenvalue weighted by atomic mass is 10.3. The second-order valence-corrected chi connectivity index (χ2v) is 2.25. The molecular weight excluding hydrogens is 112 g/mol. The summed E-state index contributed by atoms with van der Waals surface area (Å²) in [6.45, 7) is 4.17. The molecular formula is C7H12N2. The van der Waals surface area contributed by atoms with Crippen molar-refractivity contribution in [3.8, 4) is 0 Å². The van der Waals surface area contributed by atoms with Gasteiger partial charge in [-0.25, -0.2) is 0 Å². The summed E-state index contributed by atoms with van der Waals surface area (Å²) in [4.78, 5) is 0. The average Bonchev–Trinajstić information content (AvgIpc) is 2.13. The molecule has 0 aliphatic carbocycles. The molecule has 9 heavy (non-hydrogen) atoms. The molecule has 0 saturated carbocycles. The zero-order chi connectivity index (χ0) is 6.85. The predicted molar refractivity (Wildman–Crippen MR) is 37.3 cm³/mol. The van der Waals surface area contributed by atoms with E-state index in [-0.39, 0.29) is 0 Å². The zero-order valence-electron chi connectivity index (χ0n) is 6.18. The Bertz CT molecular complexity index is 181. The van der Waals surface area contributed by atoms with Crippen molar-refractivity contribution in [3.05, 3.63) is 17.5 Å². The number of aryl methyl sites for hydroxylation is 3. The Balaban J connectivity index is 2.98. The molecule has 0 saturated heterocycles. The van der Waals surface area contributed by atoms with Gasteiger partial charge in [0.2, 0.25) is 0 Å². The first-order valence-corrected chi connectivity index (χ1v) is 3.23. The van der Waals surface area contributed by atoms with Crippen molar-refractivity contribution in [1.82, 2.24) is 9.78 Å². The van der Waals surface area contributed by atoms with Gasteiger partial charge in [-0.05, 0) is 19.4 Å². The van der Waals surface area contributed by atoms with Gasteiger partial charge in [0.1, 0.15) is 0 Å². The summed E-state index contributed by atoms with van der Waals surface area (Å²) in [6.07, 6.45) is 1.03. The fourth-order valence-corrected chi connectivity index (χ4v) is 0.808. The van der Waals surface area contributed by atoms with E-state index in [2.05, 4.69) is 25.0 Å². The summed E-state index contributed by atoms with van der Waals surface area (Å²) in [7, 11) is 1.97. The van der Waals surface area contributed by atoms with Crippen LogP contribution in [0.4, 0.5) is 0 Å². The molecule has 0 spiro atoms. The monoisotopic (exact) mass is 124 g/mol. The van der Waals surface area contributed by atoms with E-state index in [9.17, 15) is 0 Å². The lowest BCUT2D eigenvalue weighted by Crippen LogP contribution is -1.92. The Morgan fingerprint density at radius 2 is 2.33 bits per heavy atom. The van der Waals surface area contributed by atoms with E-state index in [1.54, 1.807) is 0 Å². The van der Waals surface area contributed by atoms with E-state index in [1.165, 1.54) is 11.4 Å². The van der Waals surface area contributed by atoms with Crippen molar-refractivity contribution >= 4 is 0 Å². The molecule has 0 aliphatic heterocycles. The highest BCUT2D eigenvalue weighted by molar-refractivity contribution is 5.07. The van der Waals surface area contributed by atoms with Crippen LogP contribution in [-0.2, 0) is 13.5 Å². The third-order valence-electron chi connectivity index (χ3n) is 1.53. The first kappa shape index (κ1) is 6.33. The molecule has 1 aromatic heterocycles. The second-order valence-electron chi connectivity index (χ2n) is 2.25. The molecule has 1 rings (SSSR count). The van der Waals surface area contributed by atoms with Crippen molar-refractivity contribution < 1.29 is 0 Å². The maximum absolute atomic E-state index is 4.25. The molecule has 50 valence electrons. The van der Waals surface area contributed by atoms with Crippen molar-refractivity contribution in [2.45, 2.75) is 20.3 Å². The van der Waals surface area contributed by atoms with Crippen LogP contribution in [0.3, 0.4) is 0 Å². The third-order valence-corrected chi connectivity index (χ3v) is 1.53. The van der Waals surface area contributed by atoms with Crippen LogP contribution >= 0.6 is 0 Å². The van der Waals surface area contributed by atoms with Crippen LogP contribution in [-0.4, -0.2) is 9.78 Å². The van der Waals surface area contributed by atoms with Crippen LogP contribution in [0.1, 0.15) is 18.3 Å². The highest BCUT2D eigenvalue weighted by Gasteiger charge is 1.95. The molecule has 1 heterocycles. The van der Waals surface area contributed by atoms with E-state index in [4.69, 9.17) is 0 Å². The molecule has 0 N–H and O–H groups in total. The van der Waals surface area contributed by atoms with Gasteiger partial charge in [-0.2, -0.15) is 5.10 Å². The minimum absolute atomic E-state index is 1.03. The van der Waals surface area contributed by atoms with E-state index < -0.39 is 0 Å². The highest BCUT2D eigenvalue weighted by Crippen LogP contribution is 2.00. The van der Waals surface area contributed by atoms with Crippen molar-refractivity contribution in [1.29, 1.82) is 0 Å². The van der Waals surface area contributed by atoms with Gasteiger partial charge in [-0.1, -0.05) is 6.92 Å². The van der Waals surface area contributed by atoms with Gasteiger partial charge < -0.3 is 0 Å².